The molecule has 1 aromatic rings. The van der Waals surface area contributed by atoms with E-state index in [0.29, 0.717) is 14.7 Å². The van der Waals surface area contributed by atoms with Gasteiger partial charge in [0.2, 0.25) is 0 Å². The van der Waals surface area contributed by atoms with E-state index in [1.807, 2.05) is 0 Å². The van der Waals surface area contributed by atoms with Crippen LogP contribution >= 0.6 is 31.9 Å². The number of hydrogen-bond donors (Lipinski definition) is 1. The maximum atomic E-state index is 11.8. The third-order valence-electron chi connectivity index (χ3n) is 1.99. The van der Waals surface area contributed by atoms with Gasteiger partial charge < -0.3 is 14.6 Å². The maximum absolute atomic E-state index is 11.8. The van der Waals surface area contributed by atoms with E-state index >= 15 is 0 Å². The topological polar surface area (TPSA) is 55.8 Å². The molecule has 0 heterocycles. The predicted molar refractivity (Wildman–Crippen MR) is 71.2 cm³/mol. The normalized spacial score (nSPS) is 11.4. The number of carbonyl (C=O) groups is 1. The fraction of sp³-hybridized carbons (Fsp3) is 0.364. The van der Waals surface area contributed by atoms with E-state index in [1.165, 1.54) is 12.1 Å². The fourth-order valence-corrected chi connectivity index (χ4v) is 2.63. The summed E-state index contributed by atoms with van der Waals surface area (Å²) in [5.74, 6) is -0.808. The number of hydrogen-bond acceptors (Lipinski definition) is 3. The average molecular weight is 422 g/mol. The van der Waals surface area contributed by atoms with Gasteiger partial charge in [-0.1, -0.05) is 0 Å². The molecule has 0 saturated carbocycles. The van der Waals surface area contributed by atoms with Crippen molar-refractivity contribution in [1.82, 2.24) is 0 Å². The van der Waals surface area contributed by atoms with Crippen LogP contribution in [0.4, 0.5) is 13.2 Å². The Labute approximate surface area is 129 Å². The average Bonchev–Trinajstić information content (AvgIpc) is 2.29. The summed E-state index contributed by atoms with van der Waals surface area (Å²) in [6.45, 7) is -1.67. The first-order chi connectivity index (χ1) is 9.20. The summed E-state index contributed by atoms with van der Waals surface area (Å²) in [7, 11) is 0. The lowest BCUT2D eigenvalue weighted by atomic mass is 10.2. The Balaban J connectivity index is 2.55. The first kappa shape index (κ1) is 17.3. The number of carboxylic acids is 1. The lowest BCUT2D eigenvalue weighted by Gasteiger charge is -2.12. The zero-order valence-corrected chi connectivity index (χ0v) is 13.0. The van der Waals surface area contributed by atoms with E-state index in [1.54, 1.807) is 0 Å². The third-order valence-corrected chi connectivity index (χ3v) is 3.16. The summed E-state index contributed by atoms with van der Waals surface area (Å²) in [6.07, 6.45) is -4.37. The van der Waals surface area contributed by atoms with Gasteiger partial charge in [-0.2, -0.15) is 13.2 Å². The molecule has 1 rings (SSSR count). The molecule has 0 unspecified atom stereocenters. The van der Waals surface area contributed by atoms with E-state index in [4.69, 9.17) is 9.84 Å². The molecule has 0 bridgehead atoms. The molecule has 0 aromatic heterocycles. The number of benzene rings is 1. The zero-order valence-electron chi connectivity index (χ0n) is 9.84. The molecular weight excluding hydrogens is 413 g/mol. The van der Waals surface area contributed by atoms with Crippen LogP contribution in [0.1, 0.15) is 10.4 Å². The molecule has 1 N–H and O–H groups in total. The van der Waals surface area contributed by atoms with E-state index < -0.39 is 18.8 Å². The van der Waals surface area contributed by atoms with Gasteiger partial charge in [-0.05, 0) is 44.0 Å². The molecule has 0 aliphatic carbocycles. The molecule has 0 aliphatic heterocycles. The van der Waals surface area contributed by atoms with Crippen LogP contribution in [-0.4, -0.2) is 37.1 Å². The predicted octanol–water partition coefficient (Wildman–Crippen LogP) is 3.87. The molecule has 0 aliphatic rings. The SMILES string of the molecule is O=C(O)c1cc(Br)c(OCCOCC(F)(F)F)c(Br)c1. The van der Waals surface area contributed by atoms with Crippen LogP contribution in [0.25, 0.3) is 0 Å². The molecule has 4 nitrogen and oxygen atoms in total. The van der Waals surface area contributed by atoms with Gasteiger partial charge in [-0.25, -0.2) is 4.79 Å². The van der Waals surface area contributed by atoms with Gasteiger partial charge in [0.25, 0.3) is 0 Å². The van der Waals surface area contributed by atoms with Gasteiger partial charge in [-0.15, -0.1) is 0 Å². The quantitative estimate of drug-likeness (QED) is 0.708. The van der Waals surface area contributed by atoms with Gasteiger partial charge in [0.1, 0.15) is 19.0 Å². The van der Waals surface area contributed by atoms with E-state index in [-0.39, 0.29) is 18.8 Å². The Morgan fingerprint density at radius 1 is 1.20 bits per heavy atom. The Morgan fingerprint density at radius 2 is 1.75 bits per heavy atom. The lowest BCUT2D eigenvalue weighted by Crippen LogP contribution is -2.19. The lowest BCUT2D eigenvalue weighted by molar-refractivity contribution is -0.175. The summed E-state index contributed by atoms with van der Waals surface area (Å²) >= 11 is 6.26. The molecule has 0 spiro atoms. The number of alkyl halides is 3. The van der Waals surface area contributed by atoms with Crippen LogP contribution in [0.15, 0.2) is 21.1 Å². The van der Waals surface area contributed by atoms with Crippen LogP contribution in [-0.2, 0) is 4.74 Å². The van der Waals surface area contributed by atoms with Crippen LogP contribution in [0, 0.1) is 0 Å². The Hall–Kier alpha value is -0.800. The molecule has 0 radical (unpaired) electrons. The molecule has 9 heteroatoms. The molecule has 0 fully saturated rings. The summed E-state index contributed by atoms with van der Waals surface area (Å²) in [6, 6.07) is 2.66. The highest BCUT2D eigenvalue weighted by Gasteiger charge is 2.27. The second kappa shape index (κ2) is 7.28. The fourth-order valence-electron chi connectivity index (χ4n) is 1.21. The van der Waals surface area contributed by atoms with Crippen molar-refractivity contribution in [3.63, 3.8) is 0 Å². The van der Waals surface area contributed by atoms with Crippen LogP contribution in [0.3, 0.4) is 0 Å². The van der Waals surface area contributed by atoms with Gasteiger partial charge in [0.15, 0.2) is 0 Å². The van der Waals surface area contributed by atoms with Gasteiger partial charge in [-0.3, -0.25) is 0 Å². The van der Waals surface area contributed by atoms with Crippen LogP contribution in [0.2, 0.25) is 0 Å². The monoisotopic (exact) mass is 420 g/mol. The Morgan fingerprint density at radius 3 is 2.20 bits per heavy atom. The molecule has 112 valence electrons. The standard InChI is InChI=1S/C11H9Br2F3O4/c12-7-3-6(10(17)18)4-8(13)9(7)20-2-1-19-5-11(14,15)16/h3-4H,1-2,5H2,(H,17,18). The highest BCUT2D eigenvalue weighted by atomic mass is 79.9. The van der Waals surface area contributed by atoms with E-state index in [2.05, 4.69) is 36.6 Å². The minimum Gasteiger partial charge on any atom is -0.489 e. The van der Waals surface area contributed by atoms with Crippen molar-refractivity contribution in [3.05, 3.63) is 26.6 Å². The number of halogens is 5. The van der Waals surface area contributed by atoms with Crippen LogP contribution < -0.4 is 4.74 Å². The van der Waals surface area contributed by atoms with Gasteiger partial charge >= 0.3 is 12.1 Å². The van der Waals surface area contributed by atoms with Gasteiger partial charge in [0, 0.05) is 0 Å². The van der Waals surface area contributed by atoms with Crippen molar-refractivity contribution in [2.24, 2.45) is 0 Å². The third kappa shape index (κ3) is 5.68. The number of ether oxygens (including phenoxy) is 2. The Bertz CT molecular complexity index is 468. The smallest absolute Gasteiger partial charge is 0.411 e. The van der Waals surface area contributed by atoms with Crippen molar-refractivity contribution in [1.29, 1.82) is 0 Å². The summed E-state index contributed by atoms with van der Waals surface area (Å²) in [5, 5.41) is 8.84. The van der Waals surface area contributed by atoms with Crippen LogP contribution in [0.5, 0.6) is 5.75 Å². The van der Waals surface area contributed by atoms with E-state index in [9.17, 15) is 18.0 Å². The number of rotatable bonds is 6. The number of aromatic carboxylic acids is 1. The molecule has 0 atom stereocenters. The molecule has 0 amide bonds. The van der Waals surface area contributed by atoms with Gasteiger partial charge in [0.05, 0.1) is 21.1 Å². The summed E-state index contributed by atoms with van der Waals surface area (Å²) in [4.78, 5) is 10.8. The minimum atomic E-state index is -4.37. The zero-order chi connectivity index (χ0) is 15.3. The highest BCUT2D eigenvalue weighted by molar-refractivity contribution is 9.11. The van der Waals surface area contributed by atoms with Crippen molar-refractivity contribution < 1.29 is 32.5 Å². The molecule has 0 saturated heterocycles. The highest BCUT2D eigenvalue weighted by Crippen LogP contribution is 2.34. The molecule has 1 aromatic carbocycles. The van der Waals surface area contributed by atoms with Crippen molar-refractivity contribution in [3.8, 4) is 5.75 Å². The second-order valence-electron chi connectivity index (χ2n) is 3.59. The maximum Gasteiger partial charge on any atom is 0.411 e. The van der Waals surface area contributed by atoms with Crippen molar-refractivity contribution >= 4 is 37.8 Å². The summed E-state index contributed by atoms with van der Waals surface area (Å²) in [5.41, 5.74) is 0.0458. The minimum absolute atomic E-state index is 0.0458. The summed E-state index contributed by atoms with van der Waals surface area (Å²) < 4.78 is 45.8. The Kier molecular flexibility index (Phi) is 6.28. The molecular formula is C11H9Br2F3O4. The molecule has 20 heavy (non-hydrogen) atoms. The largest absolute Gasteiger partial charge is 0.489 e. The first-order valence-corrected chi connectivity index (χ1v) is 6.79. The number of carboxylic acid groups (broad SMARTS) is 1. The first-order valence-electron chi connectivity index (χ1n) is 5.20. The van der Waals surface area contributed by atoms with Crippen molar-refractivity contribution in [2.75, 3.05) is 19.8 Å². The van der Waals surface area contributed by atoms with Crippen molar-refractivity contribution in [2.45, 2.75) is 6.18 Å². The van der Waals surface area contributed by atoms with E-state index in [0.717, 1.165) is 0 Å². The second-order valence-corrected chi connectivity index (χ2v) is 5.30.